The molecule has 2 rings (SSSR count). The number of nitrogens with one attached hydrogen (secondary N) is 1. The Morgan fingerprint density at radius 2 is 2.11 bits per heavy atom. The van der Waals surface area contributed by atoms with Gasteiger partial charge in [-0.2, -0.15) is 0 Å². The third kappa shape index (κ3) is 2.48. The molecule has 4 heteroatoms. The molecule has 1 aromatic heterocycles. The smallest absolute Gasteiger partial charge is 0.406 e. The number of carbonyl (C=O) groups is 1. The molecule has 0 fully saturated rings. The molecule has 0 aliphatic rings. The van der Waals surface area contributed by atoms with Crippen LogP contribution in [0, 0.1) is 0 Å². The molecule has 0 bridgehead atoms. The van der Waals surface area contributed by atoms with Crippen LogP contribution in [0.3, 0.4) is 0 Å². The van der Waals surface area contributed by atoms with E-state index in [-0.39, 0.29) is 11.5 Å². The minimum absolute atomic E-state index is 0.117. The Hall–Kier alpha value is -1.55. The quantitative estimate of drug-likeness (QED) is 0.920. The number of methoxy groups -OCH3 is 1. The molecule has 1 N–H and O–H groups in total. The van der Waals surface area contributed by atoms with E-state index in [1.54, 1.807) is 11.3 Å². The molecule has 96 valence electrons. The molecule has 1 amide bonds. The number of carbonyl (C=O) groups excluding carboxylic acids is 1. The minimum atomic E-state index is -0.386. The van der Waals surface area contributed by atoms with Gasteiger partial charge >= 0.3 is 6.09 Å². The molecule has 0 aliphatic heterocycles. The highest BCUT2D eigenvalue weighted by Crippen LogP contribution is 2.34. The lowest BCUT2D eigenvalue weighted by Gasteiger charge is -2.24. The zero-order valence-electron chi connectivity index (χ0n) is 10.8. The predicted octanol–water partition coefficient (Wildman–Crippen LogP) is 3.53. The second-order valence-electron chi connectivity index (χ2n) is 4.87. The highest BCUT2D eigenvalue weighted by Gasteiger charge is 2.24. The van der Waals surface area contributed by atoms with Gasteiger partial charge in [-0.3, -0.25) is 0 Å². The number of alkyl carbamates (subject to hydrolysis) is 1. The van der Waals surface area contributed by atoms with E-state index < -0.39 is 0 Å². The van der Waals surface area contributed by atoms with Crippen LogP contribution in [0.5, 0.6) is 0 Å². The van der Waals surface area contributed by atoms with E-state index in [4.69, 9.17) is 0 Å². The van der Waals surface area contributed by atoms with E-state index in [2.05, 4.69) is 41.4 Å². The van der Waals surface area contributed by atoms with Gasteiger partial charge < -0.3 is 10.1 Å². The highest BCUT2D eigenvalue weighted by atomic mass is 32.1. The van der Waals surface area contributed by atoms with E-state index in [0.29, 0.717) is 6.54 Å². The normalized spacial score (nSPS) is 11.5. The summed E-state index contributed by atoms with van der Waals surface area (Å²) in [6, 6.07) is 8.33. The summed E-state index contributed by atoms with van der Waals surface area (Å²) >= 11 is 1.74. The van der Waals surface area contributed by atoms with Crippen LogP contribution in [0.2, 0.25) is 0 Å². The first-order valence-electron chi connectivity index (χ1n) is 5.83. The summed E-state index contributed by atoms with van der Waals surface area (Å²) in [5.74, 6) is 0. The number of hydrogen-bond acceptors (Lipinski definition) is 3. The van der Waals surface area contributed by atoms with Crippen LogP contribution >= 0.6 is 11.3 Å². The van der Waals surface area contributed by atoms with Gasteiger partial charge in [-0.15, -0.1) is 11.3 Å². The molecule has 3 nitrogen and oxygen atoms in total. The topological polar surface area (TPSA) is 38.3 Å². The number of fused-ring (bicyclic) bond motifs is 1. The molecule has 0 atom stereocenters. The predicted molar refractivity (Wildman–Crippen MR) is 75.3 cm³/mol. The second kappa shape index (κ2) is 4.98. The van der Waals surface area contributed by atoms with Gasteiger partial charge in [0.15, 0.2) is 0 Å². The Morgan fingerprint density at radius 3 is 2.83 bits per heavy atom. The van der Waals surface area contributed by atoms with Crippen LogP contribution in [-0.4, -0.2) is 19.7 Å². The Labute approximate surface area is 111 Å². The summed E-state index contributed by atoms with van der Waals surface area (Å²) in [6.07, 6.45) is -0.386. The number of ether oxygens (including phenoxy) is 1. The molecular formula is C14H17NO2S. The molecule has 0 radical (unpaired) electrons. The minimum Gasteiger partial charge on any atom is -0.453 e. The summed E-state index contributed by atoms with van der Waals surface area (Å²) in [6.45, 7) is 4.80. The number of amides is 1. The monoisotopic (exact) mass is 263 g/mol. The van der Waals surface area contributed by atoms with Crippen molar-refractivity contribution in [2.45, 2.75) is 19.3 Å². The fourth-order valence-corrected chi connectivity index (χ4v) is 3.12. The summed E-state index contributed by atoms with van der Waals surface area (Å²) in [4.78, 5) is 11.2. The van der Waals surface area contributed by atoms with Crippen molar-refractivity contribution in [3.63, 3.8) is 0 Å². The van der Waals surface area contributed by atoms with Crippen molar-refractivity contribution in [1.29, 1.82) is 0 Å². The highest BCUT2D eigenvalue weighted by molar-refractivity contribution is 7.17. The lowest BCUT2D eigenvalue weighted by atomic mass is 9.84. The van der Waals surface area contributed by atoms with E-state index in [1.165, 1.54) is 22.8 Å². The first-order valence-corrected chi connectivity index (χ1v) is 6.71. The summed E-state index contributed by atoms with van der Waals surface area (Å²) in [5, 5.41) is 6.20. The molecule has 0 unspecified atom stereocenters. The lowest BCUT2D eigenvalue weighted by molar-refractivity contribution is 0.168. The second-order valence-corrected chi connectivity index (χ2v) is 5.79. The van der Waals surface area contributed by atoms with Crippen LogP contribution in [0.1, 0.15) is 19.4 Å². The van der Waals surface area contributed by atoms with E-state index in [9.17, 15) is 4.79 Å². The van der Waals surface area contributed by atoms with E-state index in [1.807, 2.05) is 12.1 Å². The third-order valence-electron chi connectivity index (χ3n) is 3.07. The average Bonchev–Trinajstić information content (AvgIpc) is 2.80. The van der Waals surface area contributed by atoms with Crippen molar-refractivity contribution >= 4 is 27.5 Å². The fraction of sp³-hybridized carbons (Fsp3) is 0.357. The number of rotatable bonds is 3. The SMILES string of the molecule is COC(=O)NCC(C)(C)c1csc2ccccc12. The van der Waals surface area contributed by atoms with Gasteiger partial charge in [-0.25, -0.2) is 4.79 Å². The molecule has 0 spiro atoms. The largest absolute Gasteiger partial charge is 0.453 e. The zero-order valence-corrected chi connectivity index (χ0v) is 11.6. The van der Waals surface area contributed by atoms with Crippen molar-refractivity contribution in [3.05, 3.63) is 35.2 Å². The van der Waals surface area contributed by atoms with Crippen molar-refractivity contribution in [2.75, 3.05) is 13.7 Å². The summed E-state index contributed by atoms with van der Waals surface area (Å²) < 4.78 is 5.88. The standard InChI is InChI=1S/C14H17NO2S/c1-14(2,9-15-13(16)17-3)11-8-18-12-7-5-4-6-10(11)12/h4-8H,9H2,1-3H3,(H,15,16). The Morgan fingerprint density at radius 1 is 1.39 bits per heavy atom. The summed E-state index contributed by atoms with van der Waals surface area (Å²) in [5.41, 5.74) is 1.15. The zero-order chi connectivity index (χ0) is 13.2. The fourth-order valence-electron chi connectivity index (χ4n) is 1.96. The lowest BCUT2D eigenvalue weighted by Crippen LogP contribution is -2.36. The molecule has 0 saturated carbocycles. The van der Waals surface area contributed by atoms with Gasteiger partial charge in [0.2, 0.25) is 0 Å². The first kappa shape index (κ1) is 12.9. The Kier molecular flexibility index (Phi) is 3.57. The van der Waals surface area contributed by atoms with Crippen molar-refractivity contribution in [2.24, 2.45) is 0 Å². The van der Waals surface area contributed by atoms with Gasteiger partial charge in [-0.05, 0) is 22.4 Å². The van der Waals surface area contributed by atoms with Gasteiger partial charge in [0.05, 0.1) is 7.11 Å². The van der Waals surface area contributed by atoms with Gasteiger partial charge in [0.25, 0.3) is 0 Å². The number of thiophene rings is 1. The van der Waals surface area contributed by atoms with Crippen molar-refractivity contribution in [1.82, 2.24) is 5.32 Å². The van der Waals surface area contributed by atoms with Gasteiger partial charge in [0, 0.05) is 16.7 Å². The van der Waals surface area contributed by atoms with E-state index >= 15 is 0 Å². The van der Waals surface area contributed by atoms with Gasteiger partial charge in [-0.1, -0.05) is 32.0 Å². The molecule has 2 aromatic rings. The van der Waals surface area contributed by atoms with E-state index in [0.717, 1.165) is 0 Å². The maximum absolute atomic E-state index is 11.2. The van der Waals surface area contributed by atoms with Crippen molar-refractivity contribution < 1.29 is 9.53 Å². The summed E-state index contributed by atoms with van der Waals surface area (Å²) in [7, 11) is 1.38. The van der Waals surface area contributed by atoms with Crippen LogP contribution in [0.25, 0.3) is 10.1 Å². The van der Waals surface area contributed by atoms with Crippen LogP contribution in [0.15, 0.2) is 29.6 Å². The Balaban J connectivity index is 2.26. The number of hydrogen-bond donors (Lipinski definition) is 1. The third-order valence-corrected chi connectivity index (χ3v) is 4.03. The first-order chi connectivity index (χ1) is 8.54. The molecule has 0 saturated heterocycles. The molecule has 18 heavy (non-hydrogen) atoms. The van der Waals surface area contributed by atoms with Crippen LogP contribution in [-0.2, 0) is 10.2 Å². The molecule has 1 aromatic carbocycles. The number of benzene rings is 1. The molecule has 0 aliphatic carbocycles. The average molecular weight is 263 g/mol. The van der Waals surface area contributed by atoms with Crippen LogP contribution in [0.4, 0.5) is 4.79 Å². The molecular weight excluding hydrogens is 246 g/mol. The van der Waals surface area contributed by atoms with Crippen LogP contribution < -0.4 is 5.32 Å². The van der Waals surface area contributed by atoms with Crippen molar-refractivity contribution in [3.8, 4) is 0 Å². The maximum atomic E-state index is 11.2. The van der Waals surface area contributed by atoms with Gasteiger partial charge in [0.1, 0.15) is 0 Å². The Bertz CT molecular complexity index is 560. The molecule has 1 heterocycles. The maximum Gasteiger partial charge on any atom is 0.406 e.